The zero-order valence-electron chi connectivity index (χ0n) is 15.7. The van der Waals surface area contributed by atoms with Gasteiger partial charge in [-0.15, -0.1) is 0 Å². The van der Waals surface area contributed by atoms with E-state index < -0.39 is 15.7 Å². The monoisotopic (exact) mass is 400 g/mol. The van der Waals surface area contributed by atoms with Crippen LogP contribution in [-0.4, -0.2) is 29.9 Å². The Bertz CT molecular complexity index is 1190. The van der Waals surface area contributed by atoms with Crippen LogP contribution < -0.4 is 10.4 Å². The van der Waals surface area contributed by atoms with Gasteiger partial charge < -0.3 is 4.74 Å². The van der Waals surface area contributed by atoms with Crippen molar-refractivity contribution in [1.29, 1.82) is 0 Å². The Morgan fingerprint density at radius 1 is 1.00 bits per heavy atom. The quantitative estimate of drug-likeness (QED) is 0.593. The number of Topliss-reactive ketones (excluding diaryl/α,β-unsaturated/α-hetero) is 1. The Kier molecular flexibility index (Phi) is 5.24. The number of aryl methyl sites for hydroxylation is 2. The van der Waals surface area contributed by atoms with E-state index in [1.807, 2.05) is 6.92 Å². The molecule has 0 atom stereocenters. The maximum absolute atomic E-state index is 12.8. The molecular formula is C20H20N2O5S. The van der Waals surface area contributed by atoms with Crippen molar-refractivity contribution in [2.45, 2.75) is 25.3 Å². The van der Waals surface area contributed by atoms with Crippen LogP contribution in [0.4, 0.5) is 0 Å². The van der Waals surface area contributed by atoms with E-state index in [2.05, 4.69) is 0 Å². The van der Waals surface area contributed by atoms with Gasteiger partial charge in [0.15, 0.2) is 5.78 Å². The zero-order valence-corrected chi connectivity index (χ0v) is 16.6. The van der Waals surface area contributed by atoms with Gasteiger partial charge in [0.25, 0.3) is 10.0 Å². The van der Waals surface area contributed by atoms with E-state index in [0.29, 0.717) is 15.3 Å². The maximum Gasteiger partial charge on any atom is 0.342 e. The fraction of sp³-hybridized carbons (Fsp3) is 0.200. The molecule has 0 radical (unpaired) electrons. The summed E-state index contributed by atoms with van der Waals surface area (Å²) in [5.74, 6) is 0.297. The first-order valence-corrected chi connectivity index (χ1v) is 9.96. The van der Waals surface area contributed by atoms with E-state index in [1.54, 1.807) is 37.3 Å². The molecule has 1 aromatic heterocycles. The summed E-state index contributed by atoms with van der Waals surface area (Å²) in [6, 6.07) is 11.2. The van der Waals surface area contributed by atoms with Crippen molar-refractivity contribution in [2.24, 2.45) is 0 Å². The Balaban J connectivity index is 1.89. The van der Waals surface area contributed by atoms with E-state index >= 15 is 0 Å². The number of methoxy groups -OCH3 is 1. The van der Waals surface area contributed by atoms with Crippen LogP contribution in [0.25, 0.3) is 0 Å². The van der Waals surface area contributed by atoms with Crippen molar-refractivity contribution < 1.29 is 17.9 Å². The molecule has 1 heterocycles. The summed E-state index contributed by atoms with van der Waals surface area (Å²) in [7, 11) is -2.52. The van der Waals surface area contributed by atoms with Crippen molar-refractivity contribution in [3.8, 4) is 5.75 Å². The molecule has 3 rings (SSSR count). The fourth-order valence-electron chi connectivity index (χ4n) is 2.71. The number of hydrogen-bond acceptors (Lipinski definition) is 5. The number of ether oxygens (including phenoxy) is 1. The molecule has 0 N–H and O–H groups in total. The van der Waals surface area contributed by atoms with Crippen molar-refractivity contribution >= 4 is 15.8 Å². The second-order valence-corrected chi connectivity index (χ2v) is 8.22. The van der Waals surface area contributed by atoms with E-state index in [0.717, 1.165) is 21.9 Å². The highest BCUT2D eigenvalue weighted by Gasteiger charge is 2.21. The molecule has 0 amide bonds. The first kappa shape index (κ1) is 19.6. The number of carbonyl (C=O) groups is 1. The van der Waals surface area contributed by atoms with Crippen LogP contribution in [0.2, 0.25) is 0 Å². The lowest BCUT2D eigenvalue weighted by atomic mass is 10.1. The van der Waals surface area contributed by atoms with Gasteiger partial charge in [0.05, 0.1) is 18.6 Å². The number of nitrogens with zero attached hydrogens (tertiary/aromatic N) is 2. The van der Waals surface area contributed by atoms with Gasteiger partial charge in [-0.05, 0) is 61.4 Å². The highest BCUT2D eigenvalue weighted by molar-refractivity contribution is 7.90. The summed E-state index contributed by atoms with van der Waals surface area (Å²) in [5.41, 5.74) is 1.37. The van der Waals surface area contributed by atoms with E-state index in [1.165, 1.54) is 25.4 Å². The minimum atomic E-state index is -4.04. The van der Waals surface area contributed by atoms with Crippen molar-refractivity contribution in [2.75, 3.05) is 7.11 Å². The van der Waals surface area contributed by atoms with Gasteiger partial charge >= 0.3 is 5.69 Å². The van der Waals surface area contributed by atoms with Crippen molar-refractivity contribution in [1.82, 2.24) is 8.54 Å². The third-order valence-electron chi connectivity index (χ3n) is 4.58. The van der Waals surface area contributed by atoms with Gasteiger partial charge in [-0.25, -0.2) is 13.2 Å². The van der Waals surface area contributed by atoms with Crippen LogP contribution in [0.1, 0.15) is 21.5 Å². The minimum absolute atomic E-state index is 0.0249. The number of ketones is 1. The lowest BCUT2D eigenvalue weighted by Gasteiger charge is -2.07. The lowest BCUT2D eigenvalue weighted by Crippen LogP contribution is -2.31. The molecule has 3 aromatic rings. The minimum Gasteiger partial charge on any atom is -0.497 e. The predicted octanol–water partition coefficient (Wildman–Crippen LogP) is 2.40. The molecule has 0 saturated heterocycles. The Morgan fingerprint density at radius 2 is 1.68 bits per heavy atom. The highest BCUT2D eigenvalue weighted by atomic mass is 32.2. The molecule has 0 spiro atoms. The molecule has 146 valence electrons. The van der Waals surface area contributed by atoms with Crippen LogP contribution in [0.3, 0.4) is 0 Å². The number of benzene rings is 2. The number of rotatable bonds is 6. The van der Waals surface area contributed by atoms with Crippen LogP contribution in [0.5, 0.6) is 5.75 Å². The topological polar surface area (TPSA) is 87.4 Å². The molecule has 28 heavy (non-hydrogen) atoms. The molecule has 2 aromatic carbocycles. The zero-order chi connectivity index (χ0) is 20.5. The van der Waals surface area contributed by atoms with Crippen molar-refractivity contribution in [3.63, 3.8) is 0 Å². The van der Waals surface area contributed by atoms with Gasteiger partial charge in [-0.1, -0.05) is 6.07 Å². The summed E-state index contributed by atoms with van der Waals surface area (Å²) in [5, 5.41) is 0. The summed E-state index contributed by atoms with van der Waals surface area (Å²) in [6.45, 7) is 3.41. The summed E-state index contributed by atoms with van der Waals surface area (Å²) in [4.78, 5) is 25.0. The largest absolute Gasteiger partial charge is 0.497 e. The number of aromatic nitrogens is 2. The Labute approximate surface area is 162 Å². The molecule has 0 bridgehead atoms. The molecule has 0 fully saturated rings. The Morgan fingerprint density at radius 3 is 2.29 bits per heavy atom. The maximum atomic E-state index is 12.8. The molecule has 0 aliphatic carbocycles. The molecule has 0 unspecified atom stereocenters. The summed E-state index contributed by atoms with van der Waals surface area (Å²) in [6.07, 6.45) is 2.45. The average Bonchev–Trinajstić information content (AvgIpc) is 3.05. The van der Waals surface area contributed by atoms with Crippen molar-refractivity contribution in [3.05, 3.63) is 82.0 Å². The molecule has 0 saturated carbocycles. The second-order valence-electron chi connectivity index (χ2n) is 6.41. The lowest BCUT2D eigenvalue weighted by molar-refractivity contribution is 0.0971. The van der Waals surface area contributed by atoms with Crippen LogP contribution in [0, 0.1) is 13.8 Å². The first-order chi connectivity index (χ1) is 13.2. The van der Waals surface area contributed by atoms with Gasteiger partial charge in [0.2, 0.25) is 0 Å². The van der Waals surface area contributed by atoms with Gasteiger partial charge in [-0.3, -0.25) is 9.36 Å². The predicted molar refractivity (Wildman–Crippen MR) is 105 cm³/mol. The normalized spacial score (nSPS) is 11.4. The SMILES string of the molecule is COc1ccc(C(=O)Cn2ccn(S(=O)(=O)c3ccc(C)c(C)c3)c2=O)cc1. The van der Waals surface area contributed by atoms with E-state index in [9.17, 15) is 18.0 Å². The summed E-state index contributed by atoms with van der Waals surface area (Å²) >= 11 is 0. The third kappa shape index (κ3) is 3.63. The van der Waals surface area contributed by atoms with Gasteiger partial charge in [0.1, 0.15) is 5.75 Å². The van der Waals surface area contributed by atoms with Gasteiger partial charge in [-0.2, -0.15) is 3.97 Å². The van der Waals surface area contributed by atoms with Crippen LogP contribution in [-0.2, 0) is 16.6 Å². The average molecular weight is 400 g/mol. The van der Waals surface area contributed by atoms with Gasteiger partial charge in [0, 0.05) is 18.0 Å². The first-order valence-electron chi connectivity index (χ1n) is 8.52. The van der Waals surface area contributed by atoms with E-state index in [4.69, 9.17) is 4.74 Å². The number of hydrogen-bond donors (Lipinski definition) is 0. The van der Waals surface area contributed by atoms with Crippen LogP contribution >= 0.6 is 0 Å². The number of imidazole rings is 1. The Hall–Kier alpha value is -3.13. The summed E-state index contributed by atoms with van der Waals surface area (Å²) < 4.78 is 32.4. The molecular weight excluding hydrogens is 380 g/mol. The molecule has 7 nitrogen and oxygen atoms in total. The second kappa shape index (κ2) is 7.47. The fourth-order valence-corrected chi connectivity index (χ4v) is 4.03. The molecule has 8 heteroatoms. The third-order valence-corrected chi connectivity index (χ3v) is 6.22. The van der Waals surface area contributed by atoms with E-state index in [-0.39, 0.29) is 17.2 Å². The smallest absolute Gasteiger partial charge is 0.342 e. The molecule has 0 aliphatic heterocycles. The molecule has 0 aliphatic rings. The standard InChI is InChI=1S/C20H20N2O5S/c1-14-4-9-18(12-15(14)2)28(25,26)22-11-10-21(20(22)24)13-19(23)16-5-7-17(27-3)8-6-16/h4-12H,13H2,1-3H3. The van der Waals surface area contributed by atoms with Crippen LogP contribution in [0.15, 0.2) is 64.5 Å². The number of carbonyl (C=O) groups excluding carboxylic acids is 1. The highest BCUT2D eigenvalue weighted by Crippen LogP contribution is 2.17.